The van der Waals surface area contributed by atoms with Gasteiger partial charge in [0.05, 0.1) is 17.8 Å². The van der Waals surface area contributed by atoms with Crippen LogP contribution in [0.15, 0.2) is 64.8 Å². The monoisotopic (exact) mass is 604 g/mol. The van der Waals surface area contributed by atoms with Crippen molar-refractivity contribution in [3.63, 3.8) is 0 Å². The summed E-state index contributed by atoms with van der Waals surface area (Å²) < 4.78 is 46.5. The average Bonchev–Trinajstić information content (AvgIpc) is 3.28. The Hall–Kier alpha value is -2.48. The Morgan fingerprint density at radius 2 is 1.95 bits per heavy atom. The second-order valence-electron chi connectivity index (χ2n) is 8.39. The second kappa shape index (κ2) is 11.3. The molecule has 0 aliphatic heterocycles. The van der Waals surface area contributed by atoms with Crippen LogP contribution in [0.5, 0.6) is 5.88 Å². The van der Waals surface area contributed by atoms with E-state index < -0.39 is 41.9 Å². The van der Waals surface area contributed by atoms with Crippen LogP contribution in [0.25, 0.3) is 16.7 Å². The lowest BCUT2D eigenvalue weighted by Gasteiger charge is -2.29. The molecular weight excluding hydrogens is 582 g/mol. The number of nitrogens with zero attached hydrogens (tertiary/aromatic N) is 4. The lowest BCUT2D eigenvalue weighted by Crippen LogP contribution is -2.39. The van der Waals surface area contributed by atoms with Crippen molar-refractivity contribution in [2.45, 2.75) is 17.8 Å². The van der Waals surface area contributed by atoms with Gasteiger partial charge < -0.3 is 24.7 Å². The van der Waals surface area contributed by atoms with Gasteiger partial charge in [0.25, 0.3) is 0 Å². The SMILES string of the molecule is O=P(O)(O)CN(c1ccc2c(ccn2-c2ccc(OCC(O)CO)nn2)c1)S(=O)(=O)C1C=C(Cl)C=C(Cl)C1. The van der Waals surface area contributed by atoms with Crippen molar-refractivity contribution in [2.24, 2.45) is 0 Å². The molecule has 0 amide bonds. The first-order valence-electron chi connectivity index (χ1n) is 11.0. The van der Waals surface area contributed by atoms with Crippen LogP contribution < -0.4 is 9.04 Å². The molecule has 2 aromatic heterocycles. The van der Waals surface area contributed by atoms with Crippen LogP contribution in [-0.4, -0.2) is 74.0 Å². The summed E-state index contributed by atoms with van der Waals surface area (Å²) in [6, 6.07) is 9.34. The number of rotatable bonds is 10. The fourth-order valence-corrected chi connectivity index (χ4v) is 7.58. The number of aliphatic hydroxyl groups excluding tert-OH is 2. The maximum Gasteiger partial charge on any atom is 0.345 e. The average molecular weight is 605 g/mol. The number of allylic oxidation sites excluding steroid dienone is 3. The van der Waals surface area contributed by atoms with Crippen molar-refractivity contribution in [1.29, 1.82) is 0 Å². The molecular formula is C22H23Cl2N4O8PS. The van der Waals surface area contributed by atoms with E-state index in [0.717, 1.165) is 0 Å². The Balaban J connectivity index is 1.66. The van der Waals surface area contributed by atoms with E-state index in [1.807, 2.05) is 0 Å². The van der Waals surface area contributed by atoms with Crippen LogP contribution in [0.1, 0.15) is 6.42 Å². The predicted octanol–water partition coefficient (Wildman–Crippen LogP) is 2.44. The van der Waals surface area contributed by atoms with E-state index >= 15 is 0 Å². The van der Waals surface area contributed by atoms with Crippen LogP contribution >= 0.6 is 30.8 Å². The van der Waals surface area contributed by atoms with Crippen LogP contribution in [0.2, 0.25) is 0 Å². The summed E-state index contributed by atoms with van der Waals surface area (Å²) >= 11 is 12.0. The van der Waals surface area contributed by atoms with Crippen molar-refractivity contribution in [3.05, 3.63) is 64.8 Å². The van der Waals surface area contributed by atoms with Gasteiger partial charge in [-0.25, -0.2) is 8.42 Å². The summed E-state index contributed by atoms with van der Waals surface area (Å²) in [5.41, 5.74) is 0.665. The Labute approximate surface area is 227 Å². The number of aliphatic hydroxyl groups is 2. The molecule has 16 heteroatoms. The third-order valence-electron chi connectivity index (χ3n) is 5.51. The lowest BCUT2D eigenvalue weighted by atomic mass is 10.2. The molecule has 3 aromatic rings. The molecule has 1 aliphatic rings. The Morgan fingerprint density at radius 1 is 1.18 bits per heavy atom. The first-order valence-corrected chi connectivity index (χ1v) is 15.1. The molecule has 4 N–H and O–H groups in total. The number of anilines is 1. The fourth-order valence-electron chi connectivity index (χ4n) is 3.75. The smallest absolute Gasteiger partial charge is 0.345 e. The summed E-state index contributed by atoms with van der Waals surface area (Å²) in [7, 11) is -9.14. The van der Waals surface area contributed by atoms with Crippen molar-refractivity contribution in [2.75, 3.05) is 23.8 Å². The molecule has 2 heterocycles. The molecule has 204 valence electrons. The number of sulfonamides is 1. The largest absolute Gasteiger partial charge is 0.474 e. The normalized spacial score (nSPS) is 17.2. The van der Waals surface area contributed by atoms with Gasteiger partial charge in [0.15, 0.2) is 5.82 Å². The summed E-state index contributed by atoms with van der Waals surface area (Å²) in [6.45, 7) is -0.606. The molecule has 0 saturated heterocycles. The number of hydrogen-bond donors (Lipinski definition) is 4. The van der Waals surface area contributed by atoms with E-state index in [2.05, 4.69) is 10.2 Å². The second-order valence-corrected chi connectivity index (χ2v) is 13.0. The summed E-state index contributed by atoms with van der Waals surface area (Å²) in [6.07, 6.45) is 2.16. The highest BCUT2D eigenvalue weighted by molar-refractivity contribution is 7.93. The number of aromatic nitrogens is 3. The molecule has 2 unspecified atom stereocenters. The fraction of sp³-hybridized carbons (Fsp3) is 0.273. The number of ether oxygens (including phenoxy) is 1. The molecule has 0 saturated carbocycles. The van der Waals surface area contributed by atoms with Gasteiger partial charge in [-0.15, -0.1) is 10.2 Å². The highest BCUT2D eigenvalue weighted by atomic mass is 35.5. The predicted molar refractivity (Wildman–Crippen MR) is 142 cm³/mol. The van der Waals surface area contributed by atoms with E-state index in [0.29, 0.717) is 21.0 Å². The van der Waals surface area contributed by atoms with Gasteiger partial charge in [-0.1, -0.05) is 23.2 Å². The van der Waals surface area contributed by atoms with Gasteiger partial charge in [-0.2, -0.15) is 0 Å². The van der Waals surface area contributed by atoms with Crippen LogP contribution in [0.4, 0.5) is 5.69 Å². The molecule has 0 radical (unpaired) electrons. The zero-order chi connectivity index (χ0) is 27.7. The summed E-state index contributed by atoms with van der Waals surface area (Å²) in [4.78, 5) is 19.3. The van der Waals surface area contributed by atoms with E-state index in [-0.39, 0.29) is 34.7 Å². The first kappa shape index (κ1) is 28.5. The van der Waals surface area contributed by atoms with Crippen molar-refractivity contribution in [1.82, 2.24) is 14.8 Å². The number of fused-ring (bicyclic) bond motifs is 1. The minimum Gasteiger partial charge on any atom is -0.474 e. The molecule has 0 fully saturated rings. The Bertz CT molecular complexity index is 1540. The minimum atomic E-state index is -4.81. The maximum absolute atomic E-state index is 13.5. The van der Waals surface area contributed by atoms with Gasteiger partial charge in [-0.05, 0) is 42.5 Å². The summed E-state index contributed by atoms with van der Waals surface area (Å²) in [5, 5.41) is 26.0. The Kier molecular flexibility index (Phi) is 8.50. The maximum atomic E-state index is 13.5. The van der Waals surface area contributed by atoms with Gasteiger partial charge in [0, 0.05) is 34.1 Å². The van der Waals surface area contributed by atoms with Gasteiger partial charge in [0.2, 0.25) is 15.9 Å². The van der Waals surface area contributed by atoms with E-state index in [1.165, 1.54) is 30.4 Å². The third kappa shape index (κ3) is 6.56. The minimum absolute atomic E-state index is 0.0473. The molecule has 2 atom stereocenters. The van der Waals surface area contributed by atoms with Crippen LogP contribution in [0.3, 0.4) is 0 Å². The van der Waals surface area contributed by atoms with Gasteiger partial charge in [-0.3, -0.25) is 13.4 Å². The molecule has 0 bridgehead atoms. The zero-order valence-electron chi connectivity index (χ0n) is 19.5. The van der Waals surface area contributed by atoms with Crippen LogP contribution in [-0.2, 0) is 14.6 Å². The summed E-state index contributed by atoms with van der Waals surface area (Å²) in [5.74, 6) is 0.552. The van der Waals surface area contributed by atoms with E-state index in [4.69, 9.17) is 33.0 Å². The van der Waals surface area contributed by atoms with Gasteiger partial charge >= 0.3 is 7.60 Å². The topological polar surface area (TPSA) is 175 Å². The molecule has 38 heavy (non-hydrogen) atoms. The molecule has 12 nitrogen and oxygen atoms in total. The lowest BCUT2D eigenvalue weighted by molar-refractivity contribution is 0.0518. The van der Waals surface area contributed by atoms with Crippen molar-refractivity contribution >= 4 is 57.4 Å². The first-order chi connectivity index (χ1) is 17.9. The molecule has 0 spiro atoms. The number of halogens is 2. The quantitative estimate of drug-likeness (QED) is 0.251. The molecule has 4 rings (SSSR count). The highest BCUT2D eigenvalue weighted by Crippen LogP contribution is 2.41. The van der Waals surface area contributed by atoms with Crippen LogP contribution in [0, 0.1) is 0 Å². The Morgan fingerprint density at radius 3 is 2.58 bits per heavy atom. The van der Waals surface area contributed by atoms with E-state index in [1.54, 1.807) is 29.0 Å². The standard InChI is InChI=1S/C22H23Cl2N4O8PS/c23-15-8-16(24)10-19(9-15)38(34,35)28(13-37(31,32)33)17-1-2-20-14(7-17)5-6-27(20)21-3-4-22(26-25-21)36-12-18(30)11-29/h1-9,18-19,29-30H,10-13H2,(H2,31,32,33). The number of hydrogen-bond acceptors (Lipinski definition) is 8. The van der Waals surface area contributed by atoms with Crippen molar-refractivity contribution < 1.29 is 37.7 Å². The molecule has 1 aromatic carbocycles. The highest BCUT2D eigenvalue weighted by Gasteiger charge is 2.36. The molecule has 1 aliphatic carbocycles. The number of benzene rings is 1. The van der Waals surface area contributed by atoms with Crippen molar-refractivity contribution in [3.8, 4) is 11.7 Å². The van der Waals surface area contributed by atoms with Gasteiger partial charge in [0.1, 0.15) is 24.2 Å². The zero-order valence-corrected chi connectivity index (χ0v) is 22.7. The third-order valence-corrected chi connectivity index (χ3v) is 8.87. The van der Waals surface area contributed by atoms with E-state index in [9.17, 15) is 27.9 Å².